The maximum Gasteiger partial charge on any atom is 0.146 e. The third-order valence-electron chi connectivity index (χ3n) is 4.90. The Morgan fingerprint density at radius 1 is 1.12 bits per heavy atom. The van der Waals surface area contributed by atoms with Gasteiger partial charge >= 0.3 is 0 Å². The average molecular weight is 367 g/mol. The number of thiophene rings is 1. The van der Waals surface area contributed by atoms with Gasteiger partial charge in [0.25, 0.3) is 0 Å². The van der Waals surface area contributed by atoms with Gasteiger partial charge in [-0.05, 0) is 57.3 Å². The van der Waals surface area contributed by atoms with Crippen molar-refractivity contribution in [2.45, 2.75) is 39.2 Å². The van der Waals surface area contributed by atoms with Crippen LogP contribution in [0.5, 0.6) is 0 Å². The topological polar surface area (TPSA) is 41.1 Å². The van der Waals surface area contributed by atoms with Crippen LogP contribution in [0.25, 0.3) is 10.2 Å². The molecule has 2 aromatic heterocycles. The third-order valence-corrected chi connectivity index (χ3v) is 5.85. The molecule has 1 aliphatic heterocycles. The van der Waals surface area contributed by atoms with Crippen LogP contribution in [0, 0.1) is 6.92 Å². The first-order chi connectivity index (χ1) is 12.8. The lowest BCUT2D eigenvalue weighted by atomic mass is 10.1. The van der Waals surface area contributed by atoms with Gasteiger partial charge in [0.05, 0.1) is 11.9 Å². The molecule has 136 valence electrons. The van der Waals surface area contributed by atoms with E-state index >= 15 is 0 Å². The molecule has 26 heavy (non-hydrogen) atoms. The molecule has 0 amide bonds. The summed E-state index contributed by atoms with van der Waals surface area (Å²) in [5.74, 6) is 1.95. The van der Waals surface area contributed by atoms with Gasteiger partial charge in [0, 0.05) is 11.4 Å². The summed E-state index contributed by atoms with van der Waals surface area (Å²) >= 11 is 1.76. The van der Waals surface area contributed by atoms with Crippen molar-refractivity contribution in [3.8, 4) is 0 Å². The Labute approximate surface area is 159 Å². The monoisotopic (exact) mass is 366 g/mol. The summed E-state index contributed by atoms with van der Waals surface area (Å²) < 4.78 is 0. The molecule has 4 rings (SSSR count). The maximum atomic E-state index is 4.87. The quantitative estimate of drug-likeness (QED) is 0.619. The number of rotatable bonds is 7. The highest BCUT2D eigenvalue weighted by molar-refractivity contribution is 7.18. The van der Waals surface area contributed by atoms with E-state index < -0.39 is 0 Å². The molecule has 3 heterocycles. The first-order valence-electron chi connectivity index (χ1n) is 9.55. The highest BCUT2D eigenvalue weighted by atomic mass is 32.1. The van der Waals surface area contributed by atoms with Crippen molar-refractivity contribution < 1.29 is 0 Å². The number of fused-ring (bicyclic) bond motifs is 1. The van der Waals surface area contributed by atoms with Crippen molar-refractivity contribution in [1.29, 1.82) is 0 Å². The molecule has 1 aromatic carbocycles. The van der Waals surface area contributed by atoms with Gasteiger partial charge in [0.15, 0.2) is 0 Å². The van der Waals surface area contributed by atoms with Gasteiger partial charge in [-0.1, -0.05) is 30.3 Å². The fraction of sp³-hybridized carbons (Fsp3) is 0.429. The van der Waals surface area contributed by atoms with Crippen molar-refractivity contribution >= 4 is 27.4 Å². The number of likely N-dealkylation sites (tertiary alicyclic amines) is 1. The van der Waals surface area contributed by atoms with E-state index in [0.29, 0.717) is 0 Å². The lowest BCUT2D eigenvalue weighted by Crippen LogP contribution is -2.20. The number of aromatic nitrogens is 2. The van der Waals surface area contributed by atoms with E-state index in [1.54, 1.807) is 11.3 Å². The van der Waals surface area contributed by atoms with Crippen LogP contribution in [0.15, 0.2) is 36.4 Å². The second-order valence-electron chi connectivity index (χ2n) is 7.06. The van der Waals surface area contributed by atoms with Crippen LogP contribution in [-0.2, 0) is 13.0 Å². The van der Waals surface area contributed by atoms with Gasteiger partial charge in [0.1, 0.15) is 16.5 Å². The zero-order valence-electron chi connectivity index (χ0n) is 15.4. The van der Waals surface area contributed by atoms with Crippen LogP contribution in [0.4, 0.5) is 5.82 Å². The Bertz CT molecular complexity index is 853. The predicted octanol–water partition coefficient (Wildman–Crippen LogP) is 4.64. The predicted molar refractivity (Wildman–Crippen MR) is 110 cm³/mol. The minimum atomic E-state index is 0.867. The average Bonchev–Trinajstić information content (AvgIpc) is 3.28. The molecule has 0 aliphatic carbocycles. The Balaban J connectivity index is 1.45. The van der Waals surface area contributed by atoms with Crippen molar-refractivity contribution in [2.24, 2.45) is 0 Å². The van der Waals surface area contributed by atoms with Crippen LogP contribution in [0.3, 0.4) is 0 Å². The second-order valence-corrected chi connectivity index (χ2v) is 8.30. The zero-order chi connectivity index (χ0) is 17.8. The van der Waals surface area contributed by atoms with Gasteiger partial charge in [-0.25, -0.2) is 9.97 Å². The molecule has 0 atom stereocenters. The summed E-state index contributed by atoms with van der Waals surface area (Å²) in [6.45, 7) is 6.28. The number of nitrogens with one attached hydrogen (secondary N) is 1. The summed E-state index contributed by atoms with van der Waals surface area (Å²) in [5.41, 5.74) is 1.39. The van der Waals surface area contributed by atoms with Crippen LogP contribution in [0.1, 0.15) is 35.5 Å². The van der Waals surface area contributed by atoms with E-state index in [1.807, 2.05) is 0 Å². The Morgan fingerprint density at radius 3 is 2.73 bits per heavy atom. The summed E-state index contributed by atoms with van der Waals surface area (Å²) in [5, 5.41) is 4.74. The van der Waals surface area contributed by atoms with Gasteiger partial charge in [-0.2, -0.15) is 0 Å². The highest BCUT2D eigenvalue weighted by Gasteiger charge is 2.16. The van der Waals surface area contributed by atoms with Crippen molar-refractivity contribution in [1.82, 2.24) is 14.9 Å². The fourth-order valence-electron chi connectivity index (χ4n) is 3.58. The van der Waals surface area contributed by atoms with Crippen LogP contribution in [0.2, 0.25) is 0 Å². The summed E-state index contributed by atoms with van der Waals surface area (Å²) in [7, 11) is 0. The maximum absolute atomic E-state index is 4.87. The molecule has 0 unspecified atom stereocenters. The van der Waals surface area contributed by atoms with E-state index in [0.717, 1.165) is 47.8 Å². The zero-order valence-corrected chi connectivity index (χ0v) is 16.2. The molecule has 1 fully saturated rings. The molecular formula is C21H26N4S. The lowest BCUT2D eigenvalue weighted by molar-refractivity contribution is 0.323. The SMILES string of the molecule is Cc1cc2c(NCCCc3ccccc3)nc(CN3CCCC3)nc2s1. The number of hydrogen-bond acceptors (Lipinski definition) is 5. The number of benzene rings is 1. The molecule has 1 N–H and O–H groups in total. The van der Waals surface area contributed by atoms with Crippen molar-refractivity contribution in [2.75, 3.05) is 25.0 Å². The minimum absolute atomic E-state index is 0.867. The molecular weight excluding hydrogens is 340 g/mol. The smallest absolute Gasteiger partial charge is 0.146 e. The van der Waals surface area contributed by atoms with Crippen LogP contribution < -0.4 is 5.32 Å². The normalized spacial score (nSPS) is 15.0. The van der Waals surface area contributed by atoms with Crippen LogP contribution >= 0.6 is 11.3 Å². The molecule has 3 aromatic rings. The van der Waals surface area contributed by atoms with E-state index in [9.17, 15) is 0 Å². The molecule has 1 saturated heterocycles. The molecule has 5 heteroatoms. The van der Waals surface area contributed by atoms with Crippen LogP contribution in [-0.4, -0.2) is 34.5 Å². The third kappa shape index (κ3) is 4.22. The van der Waals surface area contributed by atoms with Gasteiger partial charge in [-0.15, -0.1) is 11.3 Å². The van der Waals surface area contributed by atoms with Gasteiger partial charge < -0.3 is 5.32 Å². The van der Waals surface area contributed by atoms with Crippen molar-refractivity contribution in [3.05, 3.63) is 52.7 Å². The Kier molecular flexibility index (Phi) is 5.46. The van der Waals surface area contributed by atoms with Gasteiger partial charge in [0.2, 0.25) is 0 Å². The number of hydrogen-bond donors (Lipinski definition) is 1. The molecule has 0 saturated carbocycles. The highest BCUT2D eigenvalue weighted by Crippen LogP contribution is 2.29. The molecule has 0 radical (unpaired) electrons. The number of anilines is 1. The Hall–Kier alpha value is -1.98. The second kappa shape index (κ2) is 8.14. The fourth-order valence-corrected chi connectivity index (χ4v) is 4.47. The summed E-state index contributed by atoms with van der Waals surface area (Å²) in [6, 6.07) is 12.9. The molecule has 0 bridgehead atoms. The minimum Gasteiger partial charge on any atom is -0.369 e. The molecule has 0 spiro atoms. The summed E-state index contributed by atoms with van der Waals surface area (Å²) in [6.07, 6.45) is 4.78. The first kappa shape index (κ1) is 17.4. The first-order valence-corrected chi connectivity index (χ1v) is 10.4. The lowest BCUT2D eigenvalue weighted by Gasteiger charge is -2.14. The largest absolute Gasteiger partial charge is 0.369 e. The van der Waals surface area contributed by atoms with E-state index in [1.165, 1.54) is 36.4 Å². The van der Waals surface area contributed by atoms with E-state index in [-0.39, 0.29) is 0 Å². The Morgan fingerprint density at radius 2 is 1.92 bits per heavy atom. The number of nitrogens with zero attached hydrogens (tertiary/aromatic N) is 3. The van der Waals surface area contributed by atoms with E-state index in [4.69, 9.17) is 9.97 Å². The molecule has 1 aliphatic rings. The van der Waals surface area contributed by atoms with E-state index in [2.05, 4.69) is 53.5 Å². The van der Waals surface area contributed by atoms with Crippen molar-refractivity contribution in [3.63, 3.8) is 0 Å². The number of aryl methyl sites for hydroxylation is 2. The van der Waals surface area contributed by atoms with Gasteiger partial charge in [-0.3, -0.25) is 4.90 Å². The standard InChI is InChI=1S/C21H26N4S/c1-16-14-18-20(22-11-7-10-17-8-3-2-4-9-17)23-19(24-21(18)26-16)15-25-12-5-6-13-25/h2-4,8-9,14H,5-7,10-13,15H2,1H3,(H,22,23,24). The molecule has 4 nitrogen and oxygen atoms in total. The summed E-state index contributed by atoms with van der Waals surface area (Å²) in [4.78, 5) is 14.5.